The number of rotatable bonds is 3. The largest absolute Gasteiger partial charge is 0.507 e. The highest BCUT2D eigenvalue weighted by Gasteiger charge is 2.16. The summed E-state index contributed by atoms with van der Waals surface area (Å²) in [5, 5.41) is 12.8. The van der Waals surface area contributed by atoms with Gasteiger partial charge in [0.05, 0.1) is 18.4 Å². The molecule has 0 radical (unpaired) electrons. The number of aryl methyl sites for hydroxylation is 1. The van der Waals surface area contributed by atoms with Crippen LogP contribution in [-0.2, 0) is 0 Å². The van der Waals surface area contributed by atoms with E-state index in [2.05, 4.69) is 10.3 Å². The molecule has 0 unspecified atom stereocenters. The second-order valence-electron chi connectivity index (χ2n) is 4.26. The van der Waals surface area contributed by atoms with E-state index in [4.69, 9.17) is 27.9 Å². The number of pyridine rings is 1. The van der Waals surface area contributed by atoms with E-state index >= 15 is 0 Å². The van der Waals surface area contributed by atoms with Crippen LogP contribution < -0.4 is 10.1 Å². The molecule has 21 heavy (non-hydrogen) atoms. The molecule has 0 saturated carbocycles. The summed E-state index contributed by atoms with van der Waals surface area (Å²) < 4.78 is 4.96. The first-order valence-corrected chi connectivity index (χ1v) is 6.69. The molecule has 2 N–H and O–H groups in total. The maximum Gasteiger partial charge on any atom is 0.259 e. The van der Waals surface area contributed by atoms with Gasteiger partial charge in [0.2, 0.25) is 0 Å². The lowest BCUT2D eigenvalue weighted by atomic mass is 10.1. The van der Waals surface area contributed by atoms with Gasteiger partial charge in [-0.25, -0.2) is 4.98 Å². The molecular weight excluding hydrogens is 315 g/mol. The number of carbonyl (C=O) groups excluding carboxylic acids is 1. The predicted octanol–water partition coefficient (Wildman–Crippen LogP) is 3.66. The Labute approximate surface area is 131 Å². The molecule has 1 aromatic heterocycles. The number of anilines is 1. The van der Waals surface area contributed by atoms with Gasteiger partial charge in [0.1, 0.15) is 16.7 Å². The molecule has 0 atom stereocenters. The number of hydrogen-bond donors (Lipinski definition) is 2. The molecular formula is C14H12Cl2N2O3. The fraction of sp³-hybridized carbons (Fsp3) is 0.143. The SMILES string of the molecule is COc1ccc(C(=O)Nc2c(C)cc(Cl)nc2Cl)c(O)c1. The molecule has 0 aliphatic heterocycles. The monoisotopic (exact) mass is 326 g/mol. The molecule has 1 heterocycles. The van der Waals surface area contributed by atoms with Gasteiger partial charge in [0, 0.05) is 6.07 Å². The smallest absolute Gasteiger partial charge is 0.259 e. The van der Waals surface area contributed by atoms with Crippen molar-refractivity contribution in [1.82, 2.24) is 4.98 Å². The summed E-state index contributed by atoms with van der Waals surface area (Å²) in [5.74, 6) is -0.252. The second kappa shape index (κ2) is 6.20. The third-order valence-corrected chi connectivity index (χ3v) is 3.30. The standard InChI is InChI=1S/C14H12Cl2N2O3/c1-7-5-11(15)17-13(16)12(7)18-14(20)9-4-3-8(21-2)6-10(9)19/h3-6,19H,1-2H3,(H,18,20). The average molecular weight is 327 g/mol. The van der Waals surface area contributed by atoms with E-state index in [0.717, 1.165) is 0 Å². The van der Waals surface area contributed by atoms with Gasteiger partial charge in [0.25, 0.3) is 5.91 Å². The van der Waals surface area contributed by atoms with Crippen molar-refractivity contribution in [2.45, 2.75) is 6.92 Å². The minimum atomic E-state index is -0.510. The third-order valence-electron chi connectivity index (χ3n) is 2.83. The lowest BCUT2D eigenvalue weighted by Crippen LogP contribution is -2.14. The molecule has 0 saturated heterocycles. The minimum absolute atomic E-state index is 0.0846. The topological polar surface area (TPSA) is 71.5 Å². The Morgan fingerprint density at radius 1 is 1.33 bits per heavy atom. The van der Waals surface area contributed by atoms with Crippen molar-refractivity contribution in [2.75, 3.05) is 12.4 Å². The Hall–Kier alpha value is -1.98. The molecule has 1 aromatic carbocycles. The second-order valence-corrected chi connectivity index (χ2v) is 5.01. The van der Waals surface area contributed by atoms with Crippen molar-refractivity contribution in [3.8, 4) is 11.5 Å². The minimum Gasteiger partial charge on any atom is -0.507 e. The molecule has 2 aromatic rings. The van der Waals surface area contributed by atoms with Gasteiger partial charge in [0.15, 0.2) is 5.15 Å². The van der Waals surface area contributed by atoms with E-state index in [9.17, 15) is 9.90 Å². The van der Waals surface area contributed by atoms with Crippen molar-refractivity contribution in [1.29, 1.82) is 0 Å². The van der Waals surface area contributed by atoms with Crippen LogP contribution in [0, 0.1) is 6.92 Å². The number of amides is 1. The zero-order valence-electron chi connectivity index (χ0n) is 11.3. The van der Waals surface area contributed by atoms with Gasteiger partial charge in [-0.15, -0.1) is 0 Å². The summed E-state index contributed by atoms with van der Waals surface area (Å²) >= 11 is 11.7. The fourth-order valence-corrected chi connectivity index (χ4v) is 2.34. The maximum absolute atomic E-state index is 12.2. The molecule has 0 bridgehead atoms. The number of halogens is 2. The maximum atomic E-state index is 12.2. The van der Waals surface area contributed by atoms with Gasteiger partial charge >= 0.3 is 0 Å². The lowest BCUT2D eigenvalue weighted by Gasteiger charge is -2.11. The van der Waals surface area contributed by atoms with E-state index in [0.29, 0.717) is 17.0 Å². The van der Waals surface area contributed by atoms with Gasteiger partial charge in [-0.3, -0.25) is 4.79 Å². The summed E-state index contributed by atoms with van der Waals surface area (Å²) in [6, 6.07) is 5.96. The van der Waals surface area contributed by atoms with E-state index in [1.54, 1.807) is 19.1 Å². The fourth-order valence-electron chi connectivity index (χ4n) is 1.76. The summed E-state index contributed by atoms with van der Waals surface area (Å²) in [7, 11) is 1.47. The molecule has 0 aliphatic carbocycles. The Kier molecular flexibility index (Phi) is 4.55. The van der Waals surface area contributed by atoms with E-state index in [-0.39, 0.29) is 21.6 Å². The van der Waals surface area contributed by atoms with Crippen LogP contribution in [0.4, 0.5) is 5.69 Å². The van der Waals surface area contributed by atoms with E-state index in [1.807, 2.05) is 0 Å². The summed E-state index contributed by atoms with van der Waals surface area (Å²) in [4.78, 5) is 16.1. The summed E-state index contributed by atoms with van der Waals surface area (Å²) in [6.45, 7) is 1.74. The first-order chi connectivity index (χ1) is 9.92. The van der Waals surface area contributed by atoms with Crippen LogP contribution in [0.1, 0.15) is 15.9 Å². The zero-order chi connectivity index (χ0) is 15.6. The van der Waals surface area contributed by atoms with Gasteiger partial charge in [-0.2, -0.15) is 0 Å². The predicted molar refractivity (Wildman–Crippen MR) is 81.6 cm³/mol. The van der Waals surface area contributed by atoms with E-state index in [1.165, 1.54) is 19.2 Å². The quantitative estimate of drug-likeness (QED) is 0.844. The summed E-state index contributed by atoms with van der Waals surface area (Å²) in [6.07, 6.45) is 0. The van der Waals surface area contributed by atoms with Crippen LogP contribution in [0.3, 0.4) is 0 Å². The third kappa shape index (κ3) is 3.37. The molecule has 1 amide bonds. The Bertz CT molecular complexity index is 682. The highest BCUT2D eigenvalue weighted by molar-refractivity contribution is 6.35. The first kappa shape index (κ1) is 15.4. The van der Waals surface area contributed by atoms with Crippen LogP contribution in [-0.4, -0.2) is 23.1 Å². The number of aromatic nitrogens is 1. The van der Waals surface area contributed by atoms with Crippen LogP contribution in [0.15, 0.2) is 24.3 Å². The van der Waals surface area contributed by atoms with Crippen LogP contribution in [0.25, 0.3) is 0 Å². The van der Waals surface area contributed by atoms with Gasteiger partial charge < -0.3 is 15.2 Å². The van der Waals surface area contributed by atoms with Gasteiger partial charge in [-0.05, 0) is 30.7 Å². The van der Waals surface area contributed by atoms with E-state index < -0.39 is 5.91 Å². The van der Waals surface area contributed by atoms with Gasteiger partial charge in [-0.1, -0.05) is 23.2 Å². The molecule has 0 spiro atoms. The number of ether oxygens (including phenoxy) is 1. The van der Waals surface area contributed by atoms with Crippen molar-refractivity contribution in [2.24, 2.45) is 0 Å². The highest BCUT2D eigenvalue weighted by atomic mass is 35.5. The number of aromatic hydroxyl groups is 1. The lowest BCUT2D eigenvalue weighted by molar-refractivity contribution is 0.102. The number of phenolic OH excluding ortho intramolecular Hbond substituents is 1. The zero-order valence-corrected chi connectivity index (χ0v) is 12.8. The van der Waals surface area contributed by atoms with Crippen LogP contribution >= 0.6 is 23.2 Å². The first-order valence-electron chi connectivity index (χ1n) is 5.93. The van der Waals surface area contributed by atoms with Crippen LogP contribution in [0.5, 0.6) is 11.5 Å². The molecule has 0 fully saturated rings. The van der Waals surface area contributed by atoms with Crippen molar-refractivity contribution in [3.05, 3.63) is 45.7 Å². The Balaban J connectivity index is 2.30. The average Bonchev–Trinajstić information content (AvgIpc) is 2.42. The Morgan fingerprint density at radius 2 is 2.05 bits per heavy atom. The molecule has 2 rings (SSSR count). The molecule has 7 heteroatoms. The molecule has 5 nitrogen and oxygen atoms in total. The van der Waals surface area contributed by atoms with Crippen molar-refractivity contribution < 1.29 is 14.6 Å². The Morgan fingerprint density at radius 3 is 2.62 bits per heavy atom. The van der Waals surface area contributed by atoms with Crippen LogP contribution in [0.2, 0.25) is 10.3 Å². The number of benzene rings is 1. The van der Waals surface area contributed by atoms with Crippen molar-refractivity contribution in [3.63, 3.8) is 0 Å². The highest BCUT2D eigenvalue weighted by Crippen LogP contribution is 2.29. The summed E-state index contributed by atoms with van der Waals surface area (Å²) in [5.41, 5.74) is 1.11. The number of phenols is 1. The normalized spacial score (nSPS) is 10.3. The number of methoxy groups -OCH3 is 1. The number of hydrogen-bond acceptors (Lipinski definition) is 4. The van der Waals surface area contributed by atoms with Crippen molar-refractivity contribution >= 4 is 34.8 Å². The number of nitrogens with zero attached hydrogens (tertiary/aromatic N) is 1. The number of nitrogens with one attached hydrogen (secondary N) is 1. The number of carbonyl (C=O) groups is 1. The molecule has 110 valence electrons. The molecule has 0 aliphatic rings.